The van der Waals surface area contributed by atoms with Gasteiger partial charge >= 0.3 is 0 Å². The van der Waals surface area contributed by atoms with Gasteiger partial charge in [0.15, 0.2) is 0 Å². The summed E-state index contributed by atoms with van der Waals surface area (Å²) in [6.45, 7) is 0.367. The van der Waals surface area contributed by atoms with Crippen molar-refractivity contribution in [2.75, 3.05) is 0 Å². The van der Waals surface area contributed by atoms with Gasteiger partial charge in [0.05, 0.1) is 4.47 Å². The van der Waals surface area contributed by atoms with Gasteiger partial charge in [0.2, 0.25) is 0 Å². The zero-order chi connectivity index (χ0) is 16.9. The van der Waals surface area contributed by atoms with Crippen molar-refractivity contribution in [3.8, 4) is 5.75 Å². The Balaban J connectivity index is 1.88. The standard InChI is InChI=1S/C20H16BrFO2/c21-19-17(24-13-14-7-3-1-4-8-14)12-11-16(22)18(19)20(23)15-9-5-2-6-10-15/h1-12,20,23H,13H2. The molecule has 0 heterocycles. The fraction of sp³-hybridized carbons (Fsp3) is 0.100. The Morgan fingerprint density at radius 3 is 2.21 bits per heavy atom. The molecule has 3 rings (SSSR count). The van der Waals surface area contributed by atoms with E-state index in [1.807, 2.05) is 36.4 Å². The van der Waals surface area contributed by atoms with Crippen LogP contribution in [0.1, 0.15) is 22.8 Å². The molecule has 0 bridgehead atoms. The van der Waals surface area contributed by atoms with Crippen LogP contribution in [0.3, 0.4) is 0 Å². The maximum atomic E-state index is 14.3. The second-order valence-corrected chi connectivity index (χ2v) is 6.15. The van der Waals surface area contributed by atoms with Crippen molar-refractivity contribution in [3.63, 3.8) is 0 Å². The molecule has 0 spiro atoms. The first kappa shape index (κ1) is 16.7. The molecule has 2 nitrogen and oxygen atoms in total. The second-order valence-electron chi connectivity index (χ2n) is 5.36. The topological polar surface area (TPSA) is 29.5 Å². The third-order valence-electron chi connectivity index (χ3n) is 3.72. The summed E-state index contributed by atoms with van der Waals surface area (Å²) in [6, 6.07) is 21.6. The summed E-state index contributed by atoms with van der Waals surface area (Å²) < 4.78 is 20.5. The largest absolute Gasteiger partial charge is 0.488 e. The zero-order valence-electron chi connectivity index (χ0n) is 12.8. The number of hydrogen-bond acceptors (Lipinski definition) is 2. The Morgan fingerprint density at radius 1 is 0.917 bits per heavy atom. The Morgan fingerprint density at radius 2 is 1.54 bits per heavy atom. The summed E-state index contributed by atoms with van der Waals surface area (Å²) in [5.74, 6) is 0.00974. The van der Waals surface area contributed by atoms with Crippen molar-refractivity contribution in [1.29, 1.82) is 0 Å². The van der Waals surface area contributed by atoms with Gasteiger partial charge in [-0.15, -0.1) is 0 Å². The molecule has 24 heavy (non-hydrogen) atoms. The monoisotopic (exact) mass is 386 g/mol. The quantitative estimate of drug-likeness (QED) is 0.648. The molecule has 0 fully saturated rings. The lowest BCUT2D eigenvalue weighted by Crippen LogP contribution is -2.05. The van der Waals surface area contributed by atoms with E-state index in [9.17, 15) is 9.50 Å². The summed E-state index contributed by atoms with van der Waals surface area (Å²) >= 11 is 3.38. The van der Waals surface area contributed by atoms with Crippen LogP contribution in [0.25, 0.3) is 0 Å². The van der Waals surface area contributed by atoms with Gasteiger partial charge in [0.1, 0.15) is 24.3 Å². The van der Waals surface area contributed by atoms with Gasteiger partial charge < -0.3 is 9.84 Å². The Hall–Kier alpha value is -2.17. The van der Waals surface area contributed by atoms with Gasteiger partial charge in [-0.05, 0) is 39.2 Å². The van der Waals surface area contributed by atoms with Crippen LogP contribution in [-0.2, 0) is 6.61 Å². The molecule has 0 saturated heterocycles. The summed E-state index contributed by atoms with van der Waals surface area (Å²) in [5.41, 5.74) is 1.81. The summed E-state index contributed by atoms with van der Waals surface area (Å²) in [6.07, 6.45) is -1.07. The number of benzene rings is 3. The van der Waals surface area contributed by atoms with Crippen molar-refractivity contribution in [2.24, 2.45) is 0 Å². The minimum atomic E-state index is -1.07. The second kappa shape index (κ2) is 7.60. The van der Waals surface area contributed by atoms with Crippen LogP contribution in [-0.4, -0.2) is 5.11 Å². The van der Waals surface area contributed by atoms with E-state index in [0.717, 1.165) is 5.56 Å². The molecule has 3 aromatic rings. The van der Waals surface area contributed by atoms with E-state index in [-0.39, 0.29) is 5.56 Å². The molecule has 0 aliphatic rings. The van der Waals surface area contributed by atoms with Gasteiger partial charge in [-0.25, -0.2) is 4.39 Å². The highest BCUT2D eigenvalue weighted by molar-refractivity contribution is 9.10. The number of ether oxygens (including phenoxy) is 1. The van der Waals surface area contributed by atoms with Crippen LogP contribution in [0.15, 0.2) is 77.3 Å². The van der Waals surface area contributed by atoms with Crippen LogP contribution >= 0.6 is 15.9 Å². The molecular weight excluding hydrogens is 371 g/mol. The van der Waals surface area contributed by atoms with E-state index in [4.69, 9.17) is 4.74 Å². The lowest BCUT2D eigenvalue weighted by molar-refractivity contribution is 0.212. The average Bonchev–Trinajstić information content (AvgIpc) is 2.62. The summed E-state index contributed by atoms with van der Waals surface area (Å²) in [5, 5.41) is 10.5. The maximum Gasteiger partial charge on any atom is 0.134 e. The van der Waals surface area contributed by atoms with Gasteiger partial charge in [-0.3, -0.25) is 0 Å². The zero-order valence-corrected chi connectivity index (χ0v) is 14.4. The molecule has 1 N–H and O–H groups in total. The number of rotatable bonds is 5. The van der Waals surface area contributed by atoms with Crippen molar-refractivity contribution in [2.45, 2.75) is 12.7 Å². The third-order valence-corrected chi connectivity index (χ3v) is 4.54. The normalized spacial score (nSPS) is 12.0. The Kier molecular flexibility index (Phi) is 5.28. The number of hydrogen-bond donors (Lipinski definition) is 1. The van der Waals surface area contributed by atoms with E-state index < -0.39 is 11.9 Å². The number of halogens is 2. The number of aliphatic hydroxyl groups excluding tert-OH is 1. The van der Waals surface area contributed by atoms with Crippen LogP contribution in [0, 0.1) is 5.82 Å². The van der Waals surface area contributed by atoms with Gasteiger partial charge in [0, 0.05) is 5.56 Å². The highest BCUT2D eigenvalue weighted by Gasteiger charge is 2.21. The van der Waals surface area contributed by atoms with E-state index >= 15 is 0 Å². The van der Waals surface area contributed by atoms with Crippen molar-refractivity contribution in [3.05, 3.63) is 99.8 Å². The molecule has 1 atom stereocenters. The predicted molar refractivity (Wildman–Crippen MR) is 95.4 cm³/mol. The fourth-order valence-electron chi connectivity index (χ4n) is 2.45. The van der Waals surface area contributed by atoms with Crippen LogP contribution in [0.2, 0.25) is 0 Å². The van der Waals surface area contributed by atoms with Crippen molar-refractivity contribution < 1.29 is 14.2 Å². The average molecular weight is 387 g/mol. The minimum Gasteiger partial charge on any atom is -0.488 e. The van der Waals surface area contributed by atoms with Gasteiger partial charge in [-0.2, -0.15) is 0 Å². The van der Waals surface area contributed by atoms with Crippen LogP contribution < -0.4 is 4.74 Å². The first-order valence-corrected chi connectivity index (χ1v) is 8.33. The van der Waals surface area contributed by atoms with Crippen LogP contribution in [0.5, 0.6) is 5.75 Å². The minimum absolute atomic E-state index is 0.173. The molecule has 122 valence electrons. The molecular formula is C20H16BrFO2. The summed E-state index contributed by atoms with van der Waals surface area (Å²) in [7, 11) is 0. The smallest absolute Gasteiger partial charge is 0.134 e. The predicted octanol–water partition coefficient (Wildman–Crippen LogP) is 5.25. The Bertz CT molecular complexity index is 807. The van der Waals surface area contributed by atoms with E-state index in [2.05, 4.69) is 15.9 Å². The van der Waals surface area contributed by atoms with Gasteiger partial charge in [0.25, 0.3) is 0 Å². The SMILES string of the molecule is OC(c1ccccc1)c1c(F)ccc(OCc2ccccc2)c1Br. The van der Waals surface area contributed by atoms with Crippen molar-refractivity contribution in [1.82, 2.24) is 0 Å². The lowest BCUT2D eigenvalue weighted by Gasteiger charge is -2.17. The molecule has 0 aliphatic carbocycles. The van der Waals surface area contributed by atoms with E-state index in [0.29, 0.717) is 22.4 Å². The maximum absolute atomic E-state index is 14.3. The number of aliphatic hydroxyl groups is 1. The first-order valence-electron chi connectivity index (χ1n) is 7.54. The molecule has 3 aromatic carbocycles. The molecule has 0 aliphatic heterocycles. The highest BCUT2D eigenvalue weighted by Crippen LogP contribution is 2.37. The van der Waals surface area contributed by atoms with Crippen LogP contribution in [0.4, 0.5) is 4.39 Å². The third kappa shape index (κ3) is 3.66. The van der Waals surface area contributed by atoms with Crippen molar-refractivity contribution >= 4 is 15.9 Å². The molecule has 0 saturated carbocycles. The highest BCUT2D eigenvalue weighted by atomic mass is 79.9. The Labute approximate surface area is 148 Å². The lowest BCUT2D eigenvalue weighted by atomic mass is 10.0. The van der Waals surface area contributed by atoms with E-state index in [1.165, 1.54) is 6.07 Å². The van der Waals surface area contributed by atoms with Gasteiger partial charge in [-0.1, -0.05) is 60.7 Å². The molecule has 0 aromatic heterocycles. The van der Waals surface area contributed by atoms with E-state index in [1.54, 1.807) is 30.3 Å². The molecule has 0 amide bonds. The summed E-state index contributed by atoms with van der Waals surface area (Å²) in [4.78, 5) is 0. The molecule has 0 radical (unpaired) electrons. The molecule has 4 heteroatoms. The first-order chi connectivity index (χ1) is 11.7. The fourth-order valence-corrected chi connectivity index (χ4v) is 3.10. The molecule has 1 unspecified atom stereocenters.